The molecule has 1 rings (SSSR count). The van der Waals surface area contributed by atoms with Gasteiger partial charge in [-0.3, -0.25) is 4.79 Å². The normalized spacial score (nSPS) is 17.8. The molecule has 2 N–H and O–H groups in total. The molecule has 0 aromatic rings. The van der Waals surface area contributed by atoms with Gasteiger partial charge in [0.1, 0.15) is 0 Å². The van der Waals surface area contributed by atoms with Crippen molar-refractivity contribution in [1.29, 1.82) is 0 Å². The molecule has 1 atom stereocenters. The van der Waals surface area contributed by atoms with E-state index in [0.717, 1.165) is 25.7 Å². The van der Waals surface area contributed by atoms with E-state index in [0.29, 0.717) is 13.1 Å². The summed E-state index contributed by atoms with van der Waals surface area (Å²) in [6, 6.07) is 0.216. The van der Waals surface area contributed by atoms with Crippen LogP contribution in [-0.4, -0.2) is 41.1 Å². The van der Waals surface area contributed by atoms with E-state index in [9.17, 15) is 9.59 Å². The molecule has 0 radical (unpaired) electrons. The molecule has 1 saturated heterocycles. The van der Waals surface area contributed by atoms with Crippen LogP contribution in [0.3, 0.4) is 0 Å². The summed E-state index contributed by atoms with van der Waals surface area (Å²) in [5, 5.41) is 11.8. The first kappa shape index (κ1) is 16.8. The molecule has 0 aromatic carbocycles. The largest absolute Gasteiger partial charge is 0.481 e. The third-order valence-electron chi connectivity index (χ3n) is 3.98. The lowest BCUT2D eigenvalue weighted by Crippen LogP contribution is -2.47. The number of hydrogen-bond acceptors (Lipinski definition) is 2. The number of hydrogen-bond donors (Lipinski definition) is 2. The Morgan fingerprint density at radius 3 is 2.50 bits per heavy atom. The maximum Gasteiger partial charge on any atom is 0.317 e. The van der Waals surface area contributed by atoms with Gasteiger partial charge in [0.2, 0.25) is 0 Å². The third kappa shape index (κ3) is 6.26. The molecule has 0 saturated carbocycles. The first-order chi connectivity index (χ1) is 9.52. The molecule has 1 unspecified atom stereocenters. The number of carbonyl (C=O) groups is 2. The number of carbonyl (C=O) groups excluding carboxylic acids is 1. The van der Waals surface area contributed by atoms with Gasteiger partial charge in [0.25, 0.3) is 0 Å². The highest BCUT2D eigenvalue weighted by Gasteiger charge is 2.24. The van der Waals surface area contributed by atoms with E-state index < -0.39 is 5.97 Å². The molecule has 5 nitrogen and oxygen atoms in total. The number of likely N-dealkylation sites (tertiary alicyclic amines) is 1. The second kappa shape index (κ2) is 8.82. The summed E-state index contributed by atoms with van der Waals surface area (Å²) in [5.41, 5.74) is 0. The highest BCUT2D eigenvalue weighted by molar-refractivity contribution is 5.74. The number of piperidine rings is 1. The molecular weight excluding hydrogens is 256 g/mol. The lowest BCUT2D eigenvalue weighted by molar-refractivity contribution is -0.138. The molecule has 1 fully saturated rings. The van der Waals surface area contributed by atoms with Crippen LogP contribution in [0.4, 0.5) is 4.79 Å². The molecule has 0 bridgehead atoms. The Kier molecular flexibility index (Phi) is 7.41. The predicted octanol–water partition coefficient (Wildman–Crippen LogP) is 2.85. The molecule has 116 valence electrons. The van der Waals surface area contributed by atoms with Gasteiger partial charge in [0.05, 0.1) is 0 Å². The minimum atomic E-state index is -0.738. The smallest absolute Gasteiger partial charge is 0.317 e. The van der Waals surface area contributed by atoms with Crippen LogP contribution >= 0.6 is 0 Å². The Morgan fingerprint density at radius 1 is 1.30 bits per heavy atom. The number of nitrogens with one attached hydrogen (secondary N) is 1. The highest BCUT2D eigenvalue weighted by Crippen LogP contribution is 2.20. The molecule has 2 amide bonds. The molecule has 0 spiro atoms. The van der Waals surface area contributed by atoms with Crippen molar-refractivity contribution >= 4 is 12.0 Å². The van der Waals surface area contributed by atoms with Crippen LogP contribution in [0.2, 0.25) is 0 Å². The predicted molar refractivity (Wildman–Crippen MR) is 78.7 cm³/mol. The van der Waals surface area contributed by atoms with Crippen molar-refractivity contribution in [2.24, 2.45) is 5.92 Å². The number of carboxylic acid groups (broad SMARTS) is 1. The topological polar surface area (TPSA) is 69.6 Å². The maximum absolute atomic E-state index is 12.1. The minimum Gasteiger partial charge on any atom is -0.481 e. The van der Waals surface area contributed by atoms with E-state index in [4.69, 9.17) is 5.11 Å². The first-order valence-corrected chi connectivity index (χ1v) is 7.80. The molecule has 0 aromatic heterocycles. The second-order valence-corrected chi connectivity index (χ2v) is 5.87. The van der Waals surface area contributed by atoms with E-state index >= 15 is 0 Å². The zero-order valence-corrected chi connectivity index (χ0v) is 12.7. The lowest BCUT2D eigenvalue weighted by Gasteiger charge is -2.32. The van der Waals surface area contributed by atoms with E-state index in [1.165, 1.54) is 12.8 Å². The molecule has 1 aliphatic rings. The number of rotatable bonds is 7. The van der Waals surface area contributed by atoms with Crippen LogP contribution in [0.5, 0.6) is 0 Å². The number of urea groups is 1. The van der Waals surface area contributed by atoms with Gasteiger partial charge >= 0.3 is 12.0 Å². The van der Waals surface area contributed by atoms with Crippen LogP contribution in [-0.2, 0) is 4.79 Å². The number of unbranched alkanes of at least 4 members (excludes halogenated alkanes) is 2. The second-order valence-electron chi connectivity index (χ2n) is 5.87. The fourth-order valence-corrected chi connectivity index (χ4v) is 2.66. The summed E-state index contributed by atoms with van der Waals surface area (Å²) < 4.78 is 0. The van der Waals surface area contributed by atoms with Gasteiger partial charge in [-0.2, -0.15) is 0 Å². The van der Waals surface area contributed by atoms with E-state index in [-0.39, 0.29) is 24.4 Å². The summed E-state index contributed by atoms with van der Waals surface area (Å²) in [6.45, 7) is 5.56. The average molecular weight is 284 g/mol. The number of carboxylic acids is 1. The van der Waals surface area contributed by atoms with Gasteiger partial charge in [0, 0.05) is 25.6 Å². The van der Waals surface area contributed by atoms with Crippen molar-refractivity contribution in [2.45, 2.75) is 64.8 Å². The summed E-state index contributed by atoms with van der Waals surface area (Å²) in [4.78, 5) is 24.5. The number of aliphatic carboxylic acids is 1. The van der Waals surface area contributed by atoms with Crippen molar-refractivity contribution in [3.8, 4) is 0 Å². The summed E-state index contributed by atoms with van der Waals surface area (Å²) >= 11 is 0. The average Bonchev–Trinajstić information content (AvgIpc) is 2.39. The van der Waals surface area contributed by atoms with E-state index in [2.05, 4.69) is 12.2 Å². The summed E-state index contributed by atoms with van der Waals surface area (Å²) in [6.07, 6.45) is 6.39. The standard InChI is InChI=1S/C15H28N2O3/c1-3-4-5-6-12(2)16-15(20)17-9-7-13(8-10-17)11-14(18)19/h12-13H,3-11H2,1-2H3,(H,16,20)(H,18,19). The van der Waals surface area contributed by atoms with Crippen molar-refractivity contribution in [3.05, 3.63) is 0 Å². The van der Waals surface area contributed by atoms with Crippen molar-refractivity contribution in [3.63, 3.8) is 0 Å². The van der Waals surface area contributed by atoms with Crippen molar-refractivity contribution in [1.82, 2.24) is 10.2 Å². The van der Waals surface area contributed by atoms with Crippen molar-refractivity contribution < 1.29 is 14.7 Å². The Bertz CT molecular complexity index is 312. The number of nitrogens with zero attached hydrogens (tertiary/aromatic N) is 1. The molecular formula is C15H28N2O3. The van der Waals surface area contributed by atoms with Crippen LogP contribution in [0.25, 0.3) is 0 Å². The zero-order chi connectivity index (χ0) is 15.0. The van der Waals surface area contributed by atoms with Gasteiger partial charge < -0.3 is 15.3 Å². The Labute approximate surface area is 121 Å². The highest BCUT2D eigenvalue weighted by atomic mass is 16.4. The fraction of sp³-hybridized carbons (Fsp3) is 0.867. The molecule has 5 heteroatoms. The van der Waals surface area contributed by atoms with Gasteiger partial charge in [-0.25, -0.2) is 4.79 Å². The Balaban J connectivity index is 2.23. The SMILES string of the molecule is CCCCCC(C)NC(=O)N1CCC(CC(=O)O)CC1. The first-order valence-electron chi connectivity index (χ1n) is 7.80. The molecule has 20 heavy (non-hydrogen) atoms. The van der Waals surface area contributed by atoms with Crippen LogP contribution in [0, 0.1) is 5.92 Å². The summed E-state index contributed by atoms with van der Waals surface area (Å²) in [7, 11) is 0. The van der Waals surface area contributed by atoms with Crippen LogP contribution in [0.1, 0.15) is 58.8 Å². The van der Waals surface area contributed by atoms with Gasteiger partial charge in [-0.1, -0.05) is 26.2 Å². The van der Waals surface area contributed by atoms with E-state index in [1.54, 1.807) is 0 Å². The Morgan fingerprint density at radius 2 is 1.95 bits per heavy atom. The summed E-state index contributed by atoms with van der Waals surface area (Å²) in [5.74, 6) is -0.518. The zero-order valence-electron chi connectivity index (χ0n) is 12.7. The number of amides is 2. The van der Waals surface area contributed by atoms with Gasteiger partial charge in [-0.15, -0.1) is 0 Å². The molecule has 0 aliphatic carbocycles. The fourth-order valence-electron chi connectivity index (χ4n) is 2.66. The van der Waals surface area contributed by atoms with E-state index in [1.807, 2.05) is 11.8 Å². The Hall–Kier alpha value is -1.26. The van der Waals surface area contributed by atoms with Gasteiger partial charge in [0.15, 0.2) is 0 Å². The van der Waals surface area contributed by atoms with Crippen molar-refractivity contribution in [2.75, 3.05) is 13.1 Å². The maximum atomic E-state index is 12.1. The lowest BCUT2D eigenvalue weighted by atomic mass is 9.94. The molecule has 1 heterocycles. The monoisotopic (exact) mass is 284 g/mol. The van der Waals surface area contributed by atoms with Gasteiger partial charge in [-0.05, 0) is 32.1 Å². The van der Waals surface area contributed by atoms with Crippen LogP contribution in [0.15, 0.2) is 0 Å². The third-order valence-corrected chi connectivity index (χ3v) is 3.98. The quantitative estimate of drug-likeness (QED) is 0.706. The minimum absolute atomic E-state index is 0.00257. The molecule has 1 aliphatic heterocycles. The van der Waals surface area contributed by atoms with Crippen LogP contribution < -0.4 is 5.32 Å².